The number of carbonyl (C=O) groups excluding carboxylic acids is 1. The highest BCUT2D eigenvalue weighted by atomic mass is 16.3. The number of phenols is 1. The zero-order chi connectivity index (χ0) is 18.5. The number of aryl methyl sites for hydroxylation is 1. The van der Waals surface area contributed by atoms with Gasteiger partial charge in [-0.1, -0.05) is 50.1 Å². The second-order valence-corrected chi connectivity index (χ2v) is 6.10. The van der Waals surface area contributed by atoms with Gasteiger partial charge in [-0.2, -0.15) is 5.10 Å². The molecule has 2 N–H and O–H groups in total. The van der Waals surface area contributed by atoms with E-state index in [1.54, 1.807) is 42.5 Å². The second kappa shape index (κ2) is 7.82. The number of benzene rings is 2. The highest BCUT2D eigenvalue weighted by Gasteiger charge is 2.17. The Bertz CT molecular complexity index is 995. The summed E-state index contributed by atoms with van der Waals surface area (Å²) < 4.78 is 1.36. The maximum atomic E-state index is 12.8. The predicted octanol–water partition coefficient (Wildman–Crippen LogP) is 3.54. The Morgan fingerprint density at radius 3 is 2.50 bits per heavy atom. The zero-order valence-corrected chi connectivity index (χ0v) is 14.6. The van der Waals surface area contributed by atoms with E-state index in [-0.39, 0.29) is 17.0 Å². The van der Waals surface area contributed by atoms with Gasteiger partial charge >= 0.3 is 0 Å². The van der Waals surface area contributed by atoms with Crippen LogP contribution < -0.4 is 10.9 Å². The molecule has 0 fully saturated rings. The second-order valence-electron chi connectivity index (χ2n) is 6.10. The van der Waals surface area contributed by atoms with Crippen molar-refractivity contribution >= 4 is 22.4 Å². The van der Waals surface area contributed by atoms with E-state index in [9.17, 15) is 14.7 Å². The van der Waals surface area contributed by atoms with Gasteiger partial charge in [0.2, 0.25) is 0 Å². The molecule has 0 unspecified atom stereocenters. The number of unbranched alkanes of at least 4 members (excludes halogenated alkanes) is 2. The molecule has 0 atom stereocenters. The number of aromatic hydroxyl groups is 1. The minimum atomic E-state index is -0.466. The first-order chi connectivity index (χ1) is 12.6. The summed E-state index contributed by atoms with van der Waals surface area (Å²) in [5.41, 5.74) is 0.267. The van der Waals surface area contributed by atoms with Crippen LogP contribution in [-0.4, -0.2) is 20.8 Å². The van der Waals surface area contributed by atoms with E-state index in [1.807, 2.05) is 0 Å². The molecule has 3 rings (SSSR count). The SMILES string of the molecule is CCCCCn1nc(C(=O)Nc2ccccc2O)c2ccccc2c1=O. The number of phenolic OH excluding ortho intramolecular Hbond substituents is 1. The molecule has 0 aliphatic rings. The molecular formula is C20H21N3O3. The highest BCUT2D eigenvalue weighted by molar-refractivity contribution is 6.11. The molecule has 0 saturated heterocycles. The first-order valence-electron chi connectivity index (χ1n) is 8.71. The summed E-state index contributed by atoms with van der Waals surface area (Å²) >= 11 is 0. The van der Waals surface area contributed by atoms with E-state index in [2.05, 4.69) is 17.3 Å². The third-order valence-electron chi connectivity index (χ3n) is 4.21. The fourth-order valence-electron chi connectivity index (χ4n) is 2.83. The number of hydrogen-bond donors (Lipinski definition) is 2. The van der Waals surface area contributed by atoms with Crippen molar-refractivity contribution in [2.45, 2.75) is 32.7 Å². The first-order valence-corrected chi connectivity index (χ1v) is 8.71. The first kappa shape index (κ1) is 17.7. The van der Waals surface area contributed by atoms with Gasteiger partial charge in [0.15, 0.2) is 5.69 Å². The number of carbonyl (C=O) groups is 1. The number of rotatable bonds is 6. The standard InChI is InChI=1S/C20H21N3O3/c1-2-3-8-13-23-20(26)15-10-5-4-9-14(15)18(22-23)19(25)21-16-11-6-7-12-17(16)24/h4-7,9-12,24H,2-3,8,13H2,1H3,(H,21,25). The molecular weight excluding hydrogens is 330 g/mol. The Balaban J connectivity index is 2.03. The fraction of sp³-hybridized carbons (Fsp3) is 0.250. The predicted molar refractivity (Wildman–Crippen MR) is 102 cm³/mol. The van der Waals surface area contributed by atoms with Crippen LogP contribution in [0.2, 0.25) is 0 Å². The summed E-state index contributed by atoms with van der Waals surface area (Å²) in [6.07, 6.45) is 2.84. The third-order valence-corrected chi connectivity index (χ3v) is 4.21. The number of para-hydroxylation sites is 2. The zero-order valence-electron chi connectivity index (χ0n) is 14.6. The average molecular weight is 351 g/mol. The minimum Gasteiger partial charge on any atom is -0.506 e. The lowest BCUT2D eigenvalue weighted by Gasteiger charge is -2.12. The van der Waals surface area contributed by atoms with Crippen molar-refractivity contribution in [3.8, 4) is 5.75 Å². The number of nitrogens with one attached hydrogen (secondary N) is 1. The van der Waals surface area contributed by atoms with Crippen LogP contribution in [0, 0.1) is 0 Å². The molecule has 134 valence electrons. The molecule has 0 saturated carbocycles. The van der Waals surface area contributed by atoms with Gasteiger partial charge in [0.25, 0.3) is 11.5 Å². The van der Waals surface area contributed by atoms with Crippen molar-refractivity contribution in [2.75, 3.05) is 5.32 Å². The lowest BCUT2D eigenvalue weighted by Crippen LogP contribution is -2.27. The Kier molecular flexibility index (Phi) is 5.31. The van der Waals surface area contributed by atoms with E-state index >= 15 is 0 Å². The molecule has 0 radical (unpaired) electrons. The number of nitrogens with zero attached hydrogens (tertiary/aromatic N) is 2. The maximum absolute atomic E-state index is 12.8. The summed E-state index contributed by atoms with van der Waals surface area (Å²) in [4.78, 5) is 25.4. The fourth-order valence-corrected chi connectivity index (χ4v) is 2.83. The molecule has 1 aromatic heterocycles. The molecule has 26 heavy (non-hydrogen) atoms. The molecule has 6 heteroatoms. The molecule has 6 nitrogen and oxygen atoms in total. The molecule has 2 aromatic carbocycles. The molecule has 1 amide bonds. The Morgan fingerprint density at radius 1 is 1.08 bits per heavy atom. The van der Waals surface area contributed by atoms with Crippen LogP contribution >= 0.6 is 0 Å². The molecule has 0 aliphatic carbocycles. The number of hydrogen-bond acceptors (Lipinski definition) is 4. The van der Waals surface area contributed by atoms with Gasteiger partial charge in [-0.15, -0.1) is 0 Å². The van der Waals surface area contributed by atoms with Crippen LogP contribution in [0.15, 0.2) is 53.3 Å². The van der Waals surface area contributed by atoms with Crippen LogP contribution in [0.1, 0.15) is 36.7 Å². The van der Waals surface area contributed by atoms with Crippen LogP contribution in [0.3, 0.4) is 0 Å². The van der Waals surface area contributed by atoms with Gasteiger partial charge in [-0.05, 0) is 24.6 Å². The Hall–Kier alpha value is -3.15. The third kappa shape index (κ3) is 3.59. The summed E-state index contributed by atoms with van der Waals surface area (Å²) in [6, 6.07) is 13.4. The number of aromatic nitrogens is 2. The quantitative estimate of drug-likeness (QED) is 0.525. The summed E-state index contributed by atoms with van der Waals surface area (Å²) in [7, 11) is 0. The Labute approximate surface area is 151 Å². The number of fused-ring (bicyclic) bond motifs is 1. The largest absolute Gasteiger partial charge is 0.506 e. The summed E-state index contributed by atoms with van der Waals surface area (Å²) in [6.45, 7) is 2.55. The molecule has 0 spiro atoms. The molecule has 1 heterocycles. The topological polar surface area (TPSA) is 84.2 Å². The monoisotopic (exact) mass is 351 g/mol. The number of amides is 1. The average Bonchev–Trinajstić information content (AvgIpc) is 2.65. The van der Waals surface area contributed by atoms with Crippen LogP contribution in [0.25, 0.3) is 10.8 Å². The van der Waals surface area contributed by atoms with Crippen molar-refractivity contribution in [3.05, 3.63) is 64.6 Å². The van der Waals surface area contributed by atoms with Crippen molar-refractivity contribution in [1.82, 2.24) is 9.78 Å². The lowest BCUT2D eigenvalue weighted by atomic mass is 10.1. The van der Waals surface area contributed by atoms with Crippen LogP contribution in [0.5, 0.6) is 5.75 Å². The normalized spacial score (nSPS) is 10.8. The van der Waals surface area contributed by atoms with Gasteiger partial charge in [0.05, 0.1) is 11.1 Å². The maximum Gasteiger partial charge on any atom is 0.276 e. The molecule has 0 bridgehead atoms. The van der Waals surface area contributed by atoms with Crippen molar-refractivity contribution in [1.29, 1.82) is 0 Å². The van der Waals surface area contributed by atoms with Gasteiger partial charge < -0.3 is 10.4 Å². The lowest BCUT2D eigenvalue weighted by molar-refractivity contribution is 0.102. The summed E-state index contributed by atoms with van der Waals surface area (Å²) in [5.74, 6) is -0.492. The van der Waals surface area contributed by atoms with Gasteiger partial charge in [-0.3, -0.25) is 9.59 Å². The van der Waals surface area contributed by atoms with Crippen LogP contribution in [0.4, 0.5) is 5.69 Å². The molecule has 3 aromatic rings. The van der Waals surface area contributed by atoms with Crippen molar-refractivity contribution in [3.63, 3.8) is 0 Å². The number of anilines is 1. The van der Waals surface area contributed by atoms with Gasteiger partial charge in [0.1, 0.15) is 5.75 Å². The minimum absolute atomic E-state index is 0.0265. The van der Waals surface area contributed by atoms with Crippen molar-refractivity contribution < 1.29 is 9.90 Å². The van der Waals surface area contributed by atoms with Gasteiger partial charge in [-0.25, -0.2) is 4.68 Å². The van der Waals surface area contributed by atoms with Crippen molar-refractivity contribution in [2.24, 2.45) is 0 Å². The molecule has 0 aliphatic heterocycles. The van der Waals surface area contributed by atoms with E-state index < -0.39 is 5.91 Å². The van der Waals surface area contributed by atoms with E-state index in [0.717, 1.165) is 19.3 Å². The smallest absolute Gasteiger partial charge is 0.276 e. The summed E-state index contributed by atoms with van der Waals surface area (Å²) in [5, 5.41) is 17.8. The van der Waals surface area contributed by atoms with Gasteiger partial charge in [0, 0.05) is 11.9 Å². The Morgan fingerprint density at radius 2 is 1.77 bits per heavy atom. The highest BCUT2D eigenvalue weighted by Crippen LogP contribution is 2.23. The van der Waals surface area contributed by atoms with E-state index in [4.69, 9.17) is 0 Å². The van der Waals surface area contributed by atoms with E-state index in [0.29, 0.717) is 23.0 Å². The van der Waals surface area contributed by atoms with E-state index in [1.165, 1.54) is 10.7 Å². The van der Waals surface area contributed by atoms with Crippen LogP contribution in [-0.2, 0) is 6.54 Å².